The molecule has 2 aromatic heterocycles. The monoisotopic (exact) mass is 232 g/mol. The zero-order valence-electron chi connectivity index (χ0n) is 10.7. The highest BCUT2D eigenvalue weighted by Crippen LogP contribution is 2.13. The van der Waals surface area contributed by atoms with Gasteiger partial charge in [-0.1, -0.05) is 13.8 Å². The molecule has 92 valence electrons. The van der Waals surface area contributed by atoms with E-state index in [4.69, 9.17) is 0 Å². The quantitative estimate of drug-likeness (QED) is 0.777. The van der Waals surface area contributed by atoms with Gasteiger partial charge in [0.05, 0.1) is 5.52 Å². The van der Waals surface area contributed by atoms with Crippen LogP contribution in [0.25, 0.3) is 11.2 Å². The zero-order chi connectivity index (χ0) is 12.3. The largest absolute Gasteiger partial charge is 0.340 e. The lowest BCUT2D eigenvalue weighted by Gasteiger charge is -2.06. The molecule has 0 aromatic carbocycles. The lowest BCUT2D eigenvalue weighted by molar-refractivity contribution is 0.567. The van der Waals surface area contributed by atoms with Crippen LogP contribution < -0.4 is 5.32 Å². The molecule has 0 saturated heterocycles. The molecule has 0 aliphatic carbocycles. The summed E-state index contributed by atoms with van der Waals surface area (Å²) in [5.41, 5.74) is 3.10. The molecule has 2 N–H and O–H groups in total. The first-order chi connectivity index (χ1) is 8.16. The Kier molecular flexibility index (Phi) is 3.74. The van der Waals surface area contributed by atoms with Crippen molar-refractivity contribution in [2.45, 2.75) is 39.7 Å². The van der Waals surface area contributed by atoms with Crippen molar-refractivity contribution in [2.24, 2.45) is 0 Å². The average molecular weight is 232 g/mol. The van der Waals surface area contributed by atoms with Crippen molar-refractivity contribution >= 4 is 11.2 Å². The highest BCUT2D eigenvalue weighted by Gasteiger charge is 2.05. The lowest BCUT2D eigenvalue weighted by atomic mass is 10.2. The minimum absolute atomic E-state index is 0.551. The van der Waals surface area contributed by atoms with Gasteiger partial charge >= 0.3 is 0 Å². The van der Waals surface area contributed by atoms with Crippen LogP contribution in [0.2, 0.25) is 0 Å². The maximum absolute atomic E-state index is 4.50. The predicted molar refractivity (Wildman–Crippen MR) is 70.1 cm³/mol. The second kappa shape index (κ2) is 5.27. The van der Waals surface area contributed by atoms with Crippen molar-refractivity contribution in [2.75, 3.05) is 6.54 Å². The van der Waals surface area contributed by atoms with E-state index in [-0.39, 0.29) is 0 Å². The fourth-order valence-corrected chi connectivity index (χ4v) is 1.85. The number of nitrogens with zero attached hydrogens (tertiary/aromatic N) is 2. The van der Waals surface area contributed by atoms with Gasteiger partial charge in [0.15, 0.2) is 5.65 Å². The van der Waals surface area contributed by atoms with Gasteiger partial charge in [-0.25, -0.2) is 9.97 Å². The zero-order valence-corrected chi connectivity index (χ0v) is 10.7. The number of aromatic amines is 1. The molecule has 0 atom stereocenters. The van der Waals surface area contributed by atoms with E-state index in [1.165, 1.54) is 5.56 Å². The van der Waals surface area contributed by atoms with Crippen LogP contribution in [0.4, 0.5) is 0 Å². The van der Waals surface area contributed by atoms with Gasteiger partial charge in [-0.3, -0.25) is 0 Å². The van der Waals surface area contributed by atoms with Crippen LogP contribution >= 0.6 is 0 Å². The van der Waals surface area contributed by atoms with Gasteiger partial charge in [-0.15, -0.1) is 0 Å². The summed E-state index contributed by atoms with van der Waals surface area (Å²) in [6.07, 6.45) is 3.87. The molecule has 2 rings (SSSR count). The number of imidazole rings is 1. The molecule has 0 spiro atoms. The minimum Gasteiger partial charge on any atom is -0.340 e. The molecule has 2 heterocycles. The first kappa shape index (κ1) is 12.0. The van der Waals surface area contributed by atoms with Crippen LogP contribution in [0.1, 0.15) is 31.7 Å². The summed E-state index contributed by atoms with van der Waals surface area (Å²) in [6, 6.07) is 2.56. The SMILES string of the molecule is Cc1ccnc2nc(CCCNC(C)C)[nH]c12. The van der Waals surface area contributed by atoms with E-state index in [9.17, 15) is 0 Å². The summed E-state index contributed by atoms with van der Waals surface area (Å²) in [6.45, 7) is 7.43. The first-order valence-corrected chi connectivity index (χ1v) is 6.20. The maximum Gasteiger partial charge on any atom is 0.177 e. The summed E-state index contributed by atoms with van der Waals surface area (Å²) in [5.74, 6) is 1.03. The number of hydrogen-bond donors (Lipinski definition) is 2. The smallest absolute Gasteiger partial charge is 0.177 e. The Morgan fingerprint density at radius 2 is 2.24 bits per heavy atom. The normalized spacial score (nSPS) is 11.5. The standard InChI is InChI=1S/C13H20N4/c1-9(2)14-7-4-5-11-16-12-10(3)6-8-15-13(12)17-11/h6,8-9,14H,4-5,7H2,1-3H3,(H,15,16,17). The van der Waals surface area contributed by atoms with Crippen LogP contribution in [-0.2, 0) is 6.42 Å². The molecule has 0 saturated carbocycles. The van der Waals surface area contributed by atoms with Gasteiger partial charge in [-0.05, 0) is 31.5 Å². The van der Waals surface area contributed by atoms with Gasteiger partial charge in [0, 0.05) is 18.7 Å². The molecule has 17 heavy (non-hydrogen) atoms. The van der Waals surface area contributed by atoms with Crippen LogP contribution in [-0.4, -0.2) is 27.5 Å². The molecule has 0 aliphatic heterocycles. The Labute approximate surface area is 102 Å². The van der Waals surface area contributed by atoms with Crippen molar-refractivity contribution in [3.05, 3.63) is 23.7 Å². The number of hydrogen-bond acceptors (Lipinski definition) is 3. The van der Waals surface area contributed by atoms with E-state index < -0.39 is 0 Å². The third kappa shape index (κ3) is 3.03. The van der Waals surface area contributed by atoms with Crippen LogP contribution in [0.5, 0.6) is 0 Å². The van der Waals surface area contributed by atoms with Gasteiger partial charge < -0.3 is 10.3 Å². The Balaban J connectivity index is 1.98. The van der Waals surface area contributed by atoms with Crippen LogP contribution in [0.15, 0.2) is 12.3 Å². The van der Waals surface area contributed by atoms with Gasteiger partial charge in [-0.2, -0.15) is 0 Å². The molecule has 2 aromatic rings. The summed E-state index contributed by atoms with van der Waals surface area (Å²) in [4.78, 5) is 12.1. The Morgan fingerprint density at radius 3 is 2.94 bits per heavy atom. The van der Waals surface area contributed by atoms with Crippen molar-refractivity contribution in [1.29, 1.82) is 0 Å². The van der Waals surface area contributed by atoms with Gasteiger partial charge in [0.25, 0.3) is 0 Å². The fraction of sp³-hybridized carbons (Fsp3) is 0.538. The van der Waals surface area contributed by atoms with E-state index in [1.807, 2.05) is 12.3 Å². The highest BCUT2D eigenvalue weighted by atomic mass is 15.0. The Hall–Kier alpha value is -1.42. The van der Waals surface area contributed by atoms with Crippen molar-refractivity contribution in [1.82, 2.24) is 20.3 Å². The number of aryl methyl sites for hydroxylation is 2. The third-order valence-corrected chi connectivity index (χ3v) is 2.79. The second-order valence-electron chi connectivity index (χ2n) is 4.72. The molecule has 0 aliphatic rings. The average Bonchev–Trinajstić information content (AvgIpc) is 2.69. The number of aromatic nitrogens is 3. The molecule has 0 bridgehead atoms. The summed E-state index contributed by atoms with van der Waals surface area (Å²) >= 11 is 0. The fourth-order valence-electron chi connectivity index (χ4n) is 1.85. The Morgan fingerprint density at radius 1 is 1.41 bits per heavy atom. The molecule has 0 fully saturated rings. The summed E-state index contributed by atoms with van der Waals surface area (Å²) in [5, 5.41) is 3.40. The number of H-pyrrole nitrogens is 1. The second-order valence-corrected chi connectivity index (χ2v) is 4.72. The predicted octanol–water partition coefficient (Wildman–Crippen LogP) is 2.20. The molecule has 0 amide bonds. The third-order valence-electron chi connectivity index (χ3n) is 2.79. The molecule has 4 heteroatoms. The van der Waals surface area contributed by atoms with E-state index >= 15 is 0 Å². The van der Waals surface area contributed by atoms with Crippen LogP contribution in [0.3, 0.4) is 0 Å². The Bertz CT molecular complexity index is 487. The highest BCUT2D eigenvalue weighted by molar-refractivity contribution is 5.74. The van der Waals surface area contributed by atoms with E-state index in [1.54, 1.807) is 0 Å². The van der Waals surface area contributed by atoms with E-state index in [2.05, 4.69) is 41.0 Å². The molecule has 0 radical (unpaired) electrons. The first-order valence-electron chi connectivity index (χ1n) is 6.20. The minimum atomic E-state index is 0.551. The summed E-state index contributed by atoms with van der Waals surface area (Å²) < 4.78 is 0. The lowest BCUT2D eigenvalue weighted by Crippen LogP contribution is -2.24. The molecular weight excluding hydrogens is 212 g/mol. The number of rotatable bonds is 5. The molecule has 4 nitrogen and oxygen atoms in total. The van der Waals surface area contributed by atoms with Crippen molar-refractivity contribution < 1.29 is 0 Å². The van der Waals surface area contributed by atoms with Gasteiger partial charge in [0.2, 0.25) is 0 Å². The number of pyridine rings is 1. The van der Waals surface area contributed by atoms with E-state index in [0.29, 0.717) is 6.04 Å². The van der Waals surface area contributed by atoms with Crippen molar-refractivity contribution in [3.63, 3.8) is 0 Å². The van der Waals surface area contributed by atoms with Crippen molar-refractivity contribution in [3.8, 4) is 0 Å². The number of nitrogens with one attached hydrogen (secondary N) is 2. The van der Waals surface area contributed by atoms with Gasteiger partial charge in [0.1, 0.15) is 5.82 Å². The maximum atomic E-state index is 4.50. The topological polar surface area (TPSA) is 53.6 Å². The summed E-state index contributed by atoms with van der Waals surface area (Å²) in [7, 11) is 0. The molecule has 0 unspecified atom stereocenters. The van der Waals surface area contributed by atoms with E-state index in [0.717, 1.165) is 36.4 Å². The van der Waals surface area contributed by atoms with Crippen LogP contribution in [0, 0.1) is 6.92 Å². The number of fused-ring (bicyclic) bond motifs is 1. The molecular formula is C13H20N4.